The quantitative estimate of drug-likeness (QED) is 0.0159. The van der Waals surface area contributed by atoms with Crippen LogP contribution >= 0.6 is 0 Å². The van der Waals surface area contributed by atoms with Crippen molar-refractivity contribution in [2.45, 2.75) is 124 Å². The lowest BCUT2D eigenvalue weighted by molar-refractivity contribution is -0.106. The molecule has 12 aromatic rings. The molecule has 12 aromatic heterocycles. The molecule has 113 heavy (non-hydrogen) atoms. The number of hydrogen-bond acceptors (Lipinski definition) is 21. The summed E-state index contributed by atoms with van der Waals surface area (Å²) < 4.78 is 29.3. The minimum absolute atomic E-state index is 0.0181. The van der Waals surface area contributed by atoms with E-state index in [1.807, 2.05) is 70.8 Å². The zero-order valence-electron chi connectivity index (χ0n) is 62.6. The fraction of sp³-hybridized carbons (Fsp3) is 0.316. The number of allylic oxidation sites excluding steroid dienone is 2. The Kier molecular flexibility index (Phi) is 27.7. The molecule has 37 nitrogen and oxygen atoms in total. The normalized spacial score (nSPS) is 13.7. The first kappa shape index (κ1) is 81.5. The van der Waals surface area contributed by atoms with E-state index in [1.54, 1.807) is 92.4 Å². The van der Waals surface area contributed by atoms with Gasteiger partial charge in [-0.1, -0.05) is 31.8 Å². The summed E-state index contributed by atoms with van der Waals surface area (Å²) in [6.45, 7) is 13.0. The fourth-order valence-corrected chi connectivity index (χ4v) is 13.5. The van der Waals surface area contributed by atoms with Crippen molar-refractivity contribution in [1.29, 1.82) is 10.5 Å². The van der Waals surface area contributed by atoms with Crippen LogP contribution in [0, 0.1) is 34.5 Å². The van der Waals surface area contributed by atoms with Gasteiger partial charge in [0, 0.05) is 114 Å². The van der Waals surface area contributed by atoms with Crippen LogP contribution in [0.15, 0.2) is 135 Å². The van der Waals surface area contributed by atoms with Crippen LogP contribution in [0.4, 0.5) is 22.7 Å². The Morgan fingerprint density at radius 2 is 0.858 bits per heavy atom. The van der Waals surface area contributed by atoms with Gasteiger partial charge in [0.25, 0.3) is 0 Å². The van der Waals surface area contributed by atoms with Gasteiger partial charge in [0.1, 0.15) is 18.7 Å². The van der Waals surface area contributed by atoms with E-state index in [2.05, 4.69) is 68.1 Å². The topological polar surface area (TPSA) is 493 Å². The van der Waals surface area contributed by atoms with Crippen LogP contribution < -0.4 is 32.7 Å². The number of ether oxygens (including phenoxy) is 3. The third kappa shape index (κ3) is 19.2. The largest absolute Gasteiger partial charge is 0.478 e. The van der Waals surface area contributed by atoms with Gasteiger partial charge in [0.2, 0.25) is 37.5 Å². The minimum atomic E-state index is -1.09. The van der Waals surface area contributed by atoms with Gasteiger partial charge in [-0.25, -0.2) is 41.7 Å². The smallest absolute Gasteiger partial charge is 0.354 e. The first-order valence-corrected chi connectivity index (χ1v) is 36.1. The maximum absolute atomic E-state index is 11.6. The number of hydrogen-bond donors (Lipinski definition) is 8. The number of fused-ring (bicyclic) bond motifs is 4. The number of aromatic nitrogens is 16. The van der Waals surface area contributed by atoms with Crippen LogP contribution in [0.3, 0.4) is 0 Å². The number of anilines is 4. The van der Waals surface area contributed by atoms with E-state index in [0.29, 0.717) is 153 Å². The third-order valence-corrected chi connectivity index (χ3v) is 18.8. The van der Waals surface area contributed by atoms with Crippen LogP contribution in [0.1, 0.15) is 166 Å². The van der Waals surface area contributed by atoms with E-state index in [9.17, 15) is 53.8 Å². The number of primary amides is 2. The number of carbonyl (C=O) groups is 8. The van der Waals surface area contributed by atoms with Gasteiger partial charge in [-0.15, -0.1) is 0 Å². The Labute approximate surface area is 645 Å². The number of nitrogens with zero attached hydrogens (tertiary/aromatic N) is 18. The molecule has 2 aliphatic rings. The molecule has 0 aliphatic heterocycles. The van der Waals surface area contributed by atoms with E-state index < -0.39 is 23.8 Å². The molecule has 0 aromatic carbocycles. The molecule has 0 radical (unpaired) electrons. The van der Waals surface area contributed by atoms with E-state index in [4.69, 9.17) is 30.9 Å². The summed E-state index contributed by atoms with van der Waals surface area (Å²) in [5.41, 5.74) is 21.4. The first-order chi connectivity index (χ1) is 54.7. The van der Waals surface area contributed by atoms with Gasteiger partial charge in [0.15, 0.2) is 5.69 Å². The van der Waals surface area contributed by atoms with Gasteiger partial charge < -0.3 is 57.2 Å². The Morgan fingerprint density at radius 1 is 0.496 bits per heavy atom. The van der Waals surface area contributed by atoms with Crippen molar-refractivity contribution in [3.8, 4) is 56.6 Å². The predicted octanol–water partition coefficient (Wildman–Crippen LogP) is 10.2. The molecule has 14 rings (SSSR count). The molecule has 4 unspecified atom stereocenters. The molecule has 0 saturated heterocycles. The van der Waals surface area contributed by atoms with Gasteiger partial charge in [-0.2, -0.15) is 51.3 Å². The van der Waals surface area contributed by atoms with Gasteiger partial charge in [-0.3, -0.25) is 33.4 Å². The third-order valence-electron chi connectivity index (χ3n) is 18.8. The number of amides is 6. The molecule has 2 fully saturated rings. The highest BCUT2D eigenvalue weighted by Crippen LogP contribution is 2.40. The zero-order chi connectivity index (χ0) is 80.8. The lowest BCUT2D eigenvalue weighted by atomic mass is 9.96. The Hall–Kier alpha value is -14.0. The number of nitriles is 2. The highest BCUT2D eigenvalue weighted by molar-refractivity contribution is 6.02. The summed E-state index contributed by atoms with van der Waals surface area (Å²) in [6.07, 6.45) is 39.7. The second-order valence-corrected chi connectivity index (χ2v) is 25.8. The van der Waals surface area contributed by atoms with Gasteiger partial charge >= 0.3 is 11.9 Å². The molecule has 586 valence electrons. The average Bonchev–Trinajstić information content (AvgIpc) is 1.65. The van der Waals surface area contributed by atoms with Gasteiger partial charge in [0.05, 0.1) is 136 Å². The van der Waals surface area contributed by atoms with E-state index in [-0.39, 0.29) is 36.0 Å². The minimum Gasteiger partial charge on any atom is -0.478 e. The SMILES string of the molecule is CCOC(C)n1cc(-c2c(NC=O)cnn3c(C(=O)O)ccc23)cn1.CCOC(C)n1cc(-c2c(NC=O)cnn3cc(C(=O)O)cc23)cn1.CCOC(C)n1cc(-c2c(NC=O)cnn3cc(C(N)=O)cc23)cn1.N#C/C=C\C1CCCC1.N#CCC(C1CCCC1)n1cc(-c2c(NC=O)cnn3cc(C(N)=O)cc23)cn1. The number of carboxylic acids is 2. The number of rotatable bonds is 29. The average molecular weight is 1540 g/mol. The summed E-state index contributed by atoms with van der Waals surface area (Å²) in [5.74, 6) is -2.11. The van der Waals surface area contributed by atoms with Crippen LogP contribution in [-0.2, 0) is 33.4 Å². The highest BCUT2D eigenvalue weighted by atomic mass is 16.5. The fourth-order valence-electron chi connectivity index (χ4n) is 13.5. The molecule has 6 amide bonds. The number of nitrogens with one attached hydrogen (secondary N) is 4. The van der Waals surface area contributed by atoms with Crippen molar-refractivity contribution in [2.75, 3.05) is 41.1 Å². The number of aromatic carboxylic acids is 2. The van der Waals surface area contributed by atoms with Crippen molar-refractivity contribution in [2.24, 2.45) is 23.3 Å². The van der Waals surface area contributed by atoms with Crippen molar-refractivity contribution >= 4 is 94.2 Å². The van der Waals surface area contributed by atoms with E-state index in [0.717, 1.165) is 24.0 Å². The van der Waals surface area contributed by atoms with Crippen LogP contribution in [0.2, 0.25) is 0 Å². The molecule has 2 aliphatic carbocycles. The summed E-state index contributed by atoms with van der Waals surface area (Å²) in [6, 6.07) is 12.2. The van der Waals surface area contributed by atoms with Crippen molar-refractivity contribution in [3.63, 3.8) is 0 Å². The zero-order valence-corrected chi connectivity index (χ0v) is 62.6. The maximum Gasteiger partial charge on any atom is 0.354 e. The Morgan fingerprint density at radius 3 is 1.22 bits per heavy atom. The highest BCUT2D eigenvalue weighted by Gasteiger charge is 2.29. The Balaban J connectivity index is 0.000000154. The molecule has 0 spiro atoms. The maximum atomic E-state index is 11.6. The lowest BCUT2D eigenvalue weighted by Crippen LogP contribution is -2.17. The second-order valence-electron chi connectivity index (χ2n) is 25.8. The van der Waals surface area contributed by atoms with Crippen LogP contribution in [0.5, 0.6) is 0 Å². The second kappa shape index (κ2) is 38.4. The number of carboxylic acid groups (broad SMARTS) is 2. The van der Waals surface area contributed by atoms with Crippen molar-refractivity contribution < 1.29 is 62.8 Å². The van der Waals surface area contributed by atoms with Crippen LogP contribution in [0.25, 0.3) is 66.6 Å². The standard InChI is InChI=1S/C20H21N7O2.C16H18N6O3.2C16H17N5O4.C8H11N/c21-6-5-17(13-3-1-2-4-13)26-11-15(8-24-26)19-16(23-12-28)9-25-27-10-14(20(22)29)7-18(19)27;1-3-25-10(2)21-8-12(5-19-21)15-13(18-9-23)6-20-22-7-11(16(17)24)4-14(15)22;1-3-25-10(2)20-8-12(5-18-20)15-13(17-9-22)6-19-21-7-11(16(23)24)4-14(15)21;1-3-25-10(2)20-8-11(6-18-20)15-12(17-9-22)7-19-21-13(15)4-5-14(21)16(23)24;9-7-3-6-8-4-1-2-5-8/h7-13,17H,1-5H2,(H2,22,29)(H,23,28);4-10H,3H2,1-2H3,(H2,17,24)(H,18,23);2*4-10H,3H2,1-2H3,(H,17,22)(H,23,24);3,6,8H,1-2,4-5H2/b;;;;6-3-. The molecular formula is C76H84N24O13. The van der Waals surface area contributed by atoms with E-state index >= 15 is 0 Å². The predicted molar refractivity (Wildman–Crippen MR) is 412 cm³/mol. The molecule has 12 heterocycles. The van der Waals surface area contributed by atoms with E-state index in [1.165, 1.54) is 95.2 Å². The van der Waals surface area contributed by atoms with Crippen molar-refractivity contribution in [1.82, 2.24) is 77.6 Å². The van der Waals surface area contributed by atoms with Crippen LogP contribution in [-0.4, -0.2) is 157 Å². The van der Waals surface area contributed by atoms with Gasteiger partial charge in [-0.05, 0) is 109 Å². The molecular weight excluding hydrogens is 1460 g/mol. The summed E-state index contributed by atoms with van der Waals surface area (Å²) in [7, 11) is 0. The molecule has 0 bridgehead atoms. The lowest BCUT2D eigenvalue weighted by Gasteiger charge is -2.21. The number of nitrogens with two attached hydrogens (primary N) is 2. The molecule has 10 N–H and O–H groups in total. The summed E-state index contributed by atoms with van der Waals surface area (Å²) in [4.78, 5) is 89.6. The monoisotopic (exact) mass is 1540 g/mol. The summed E-state index contributed by atoms with van der Waals surface area (Å²) in [5, 5.41) is 80.6. The van der Waals surface area contributed by atoms with Crippen molar-refractivity contribution in [3.05, 3.63) is 158 Å². The molecule has 4 atom stereocenters. The number of carbonyl (C=O) groups excluding carboxylic acids is 6. The summed E-state index contributed by atoms with van der Waals surface area (Å²) >= 11 is 0. The Bertz CT molecular complexity index is 5250. The molecule has 37 heteroatoms. The first-order valence-electron chi connectivity index (χ1n) is 36.1. The molecule has 2 saturated carbocycles.